The Bertz CT molecular complexity index is 4790. The second-order valence-corrected chi connectivity index (χ2v) is 24.3. The van der Waals surface area contributed by atoms with E-state index in [0.717, 1.165) is 82.8 Å². The molecule has 0 radical (unpaired) electrons. The highest BCUT2D eigenvalue weighted by atomic mass is 15.0. The van der Waals surface area contributed by atoms with Crippen LogP contribution in [0.2, 0.25) is 0 Å². The molecule has 4 heteroatoms. The Hall–Kier alpha value is -10.0. The molecule has 0 aliphatic heterocycles. The summed E-state index contributed by atoms with van der Waals surface area (Å²) >= 11 is 0. The van der Waals surface area contributed by atoms with Crippen LogP contribution < -0.4 is 0 Å². The van der Waals surface area contributed by atoms with E-state index in [1.807, 2.05) is 25.1 Å². The molecule has 0 atom stereocenters. The van der Waals surface area contributed by atoms with Gasteiger partial charge in [-0.15, -0.1) is 0 Å². The lowest BCUT2D eigenvalue weighted by atomic mass is 9.89. The van der Waals surface area contributed by atoms with Crippen LogP contribution in [0, 0.1) is 103 Å². The van der Waals surface area contributed by atoms with Crippen molar-refractivity contribution in [2.24, 2.45) is 0 Å². The Morgan fingerprint density at radius 3 is 0.906 bits per heavy atom. The van der Waals surface area contributed by atoms with E-state index in [1.165, 1.54) is 111 Å². The molecule has 0 saturated carbocycles. The number of hydrogen-bond acceptors (Lipinski definition) is 0. The van der Waals surface area contributed by atoms with Gasteiger partial charge in [-0.1, -0.05) is 143 Å². The molecule has 85 heavy (non-hydrogen) atoms. The predicted octanol–water partition coefficient (Wildman–Crippen LogP) is 23.0. The van der Waals surface area contributed by atoms with Crippen molar-refractivity contribution in [3.8, 4) is 78.1 Å². The van der Waals surface area contributed by atoms with Crippen LogP contribution in [-0.2, 0) is 0 Å². The van der Waals surface area contributed by atoms with Crippen molar-refractivity contribution in [1.29, 1.82) is 0 Å². The van der Waals surface area contributed by atoms with Gasteiger partial charge in [-0.3, -0.25) is 0 Å². The molecule has 0 spiro atoms. The highest BCUT2D eigenvalue weighted by Crippen LogP contribution is 2.51. The number of hydrogen-bond donors (Lipinski definition) is 0. The third-order valence-electron chi connectivity index (χ3n) is 17.9. The minimum Gasteiger partial charge on any atom is -0.310 e. The first kappa shape index (κ1) is 54.3. The Morgan fingerprint density at radius 2 is 0.576 bits per heavy atom. The quantitative estimate of drug-likeness (QED) is 0.135. The molecule has 412 valence electrons. The molecule has 0 amide bonds. The maximum Gasteiger partial charge on any atom is 0.197 e. The van der Waals surface area contributed by atoms with Crippen molar-refractivity contribution in [2.75, 3.05) is 0 Å². The van der Waals surface area contributed by atoms with Gasteiger partial charge in [-0.2, -0.15) is 0 Å². The zero-order valence-corrected chi connectivity index (χ0v) is 51.0. The van der Waals surface area contributed by atoms with E-state index in [9.17, 15) is 6.57 Å². The minimum absolute atomic E-state index is 0.517. The molecule has 4 nitrogen and oxygen atoms in total. The number of rotatable bonds is 8. The summed E-state index contributed by atoms with van der Waals surface area (Å²) in [6, 6.07) is 65.1. The number of nitrogens with zero attached hydrogens (tertiary/aromatic N) is 4. The average molecular weight is 1100 g/mol. The average Bonchev–Trinajstić information content (AvgIpc) is 2.20. The fourth-order valence-electron chi connectivity index (χ4n) is 15.0. The summed E-state index contributed by atoms with van der Waals surface area (Å²) in [6.07, 6.45) is 0. The SMILES string of the molecule is [C-]#[N+]c1cc(C)ccc1-c1cccc(-n2c3ccc(-c4c(C)cc(C)cc4C)cc3c3cc(-c4c(C)cc(C)cc4C)ccc32)c1-c1c([N+]#[C-])cccc1-n1c2ccc(-c3c(C)cc(C)cc3C)cc2c2cc(-c3c(C)cc(C)cc3C)ccc21. The van der Waals surface area contributed by atoms with Crippen LogP contribution in [0.4, 0.5) is 11.4 Å². The lowest BCUT2D eigenvalue weighted by Crippen LogP contribution is -2.03. The third kappa shape index (κ3) is 8.95. The molecule has 0 aliphatic carbocycles. The number of aromatic nitrogens is 2. The van der Waals surface area contributed by atoms with Gasteiger partial charge in [0, 0.05) is 38.4 Å². The largest absolute Gasteiger partial charge is 0.310 e. The van der Waals surface area contributed by atoms with Crippen LogP contribution in [0.5, 0.6) is 0 Å². The van der Waals surface area contributed by atoms with E-state index >= 15 is 0 Å². The van der Waals surface area contributed by atoms with Gasteiger partial charge in [0.2, 0.25) is 0 Å². The number of benzene rings is 11. The van der Waals surface area contributed by atoms with E-state index in [0.29, 0.717) is 11.4 Å². The molecule has 11 aromatic carbocycles. The molecule has 2 aromatic heterocycles. The zero-order chi connectivity index (χ0) is 59.4. The monoisotopic (exact) mass is 1100 g/mol. The summed E-state index contributed by atoms with van der Waals surface area (Å²) in [4.78, 5) is 8.70. The molecule has 0 saturated heterocycles. The zero-order valence-electron chi connectivity index (χ0n) is 51.0. The van der Waals surface area contributed by atoms with Gasteiger partial charge in [0.15, 0.2) is 11.4 Å². The van der Waals surface area contributed by atoms with Crippen molar-refractivity contribution in [3.63, 3.8) is 0 Å². The first-order valence-electron chi connectivity index (χ1n) is 29.5. The third-order valence-corrected chi connectivity index (χ3v) is 17.9. The van der Waals surface area contributed by atoms with Crippen molar-refractivity contribution in [2.45, 2.75) is 90.0 Å². The van der Waals surface area contributed by atoms with Gasteiger partial charge in [0.25, 0.3) is 0 Å². The summed E-state index contributed by atoms with van der Waals surface area (Å²) in [7, 11) is 0. The fraction of sp³-hybridized carbons (Fsp3) is 0.160. The van der Waals surface area contributed by atoms with Crippen LogP contribution in [0.15, 0.2) is 176 Å². The minimum atomic E-state index is 0.517. The Kier molecular flexibility index (Phi) is 13.2. The van der Waals surface area contributed by atoms with E-state index in [2.05, 4.69) is 260 Å². The molecular weight excluding hydrogens is 1030 g/mol. The second-order valence-electron chi connectivity index (χ2n) is 24.3. The van der Waals surface area contributed by atoms with Gasteiger partial charge >= 0.3 is 0 Å². The summed E-state index contributed by atoms with van der Waals surface area (Å²) < 4.78 is 4.83. The maximum atomic E-state index is 9.19. The molecule has 0 bridgehead atoms. The maximum absolute atomic E-state index is 9.19. The molecule has 13 aromatic rings. The van der Waals surface area contributed by atoms with Crippen LogP contribution >= 0.6 is 0 Å². The van der Waals surface area contributed by atoms with Crippen LogP contribution in [0.25, 0.3) is 131 Å². The summed E-state index contributed by atoms with van der Waals surface area (Å²) in [6.45, 7) is 46.4. The first-order chi connectivity index (χ1) is 40.9. The van der Waals surface area contributed by atoms with Crippen molar-refractivity contribution >= 4 is 55.0 Å². The van der Waals surface area contributed by atoms with Crippen molar-refractivity contribution in [1.82, 2.24) is 9.13 Å². The second kappa shape index (κ2) is 20.7. The van der Waals surface area contributed by atoms with Gasteiger partial charge < -0.3 is 9.13 Å². The molecule has 0 N–H and O–H groups in total. The Balaban J connectivity index is 1.16. The lowest BCUT2D eigenvalue weighted by Gasteiger charge is -2.23. The standard InChI is InChI=1S/C81H68N4/c1-45-22-27-62(69(40-45)83-15)63-18-16-20-74(84-70-28-23-58(76-50(6)32-46(2)33-51(76)7)41-64(70)65-42-59(24-29-71(65)84)77-52(8)34-47(3)35-53(77)9)80(63)81-68(82-14)19-17-21-75(81)85-72-30-25-60(78-54(10)36-48(4)37-55(78)11)43-66(72)67-44-61(26-31-73(67)85)79-56(12)38-49(5)39-57(79)13/h16-44H,1-13H3. The van der Waals surface area contributed by atoms with Crippen molar-refractivity contribution < 1.29 is 0 Å². The molecule has 2 heterocycles. The normalized spacial score (nSPS) is 11.6. The van der Waals surface area contributed by atoms with E-state index in [1.54, 1.807) is 0 Å². The lowest BCUT2D eigenvalue weighted by molar-refractivity contribution is 1.16. The van der Waals surface area contributed by atoms with Crippen LogP contribution in [0.1, 0.15) is 72.3 Å². The molecule has 13 rings (SSSR count). The van der Waals surface area contributed by atoms with E-state index in [4.69, 9.17) is 6.57 Å². The summed E-state index contributed by atoms with van der Waals surface area (Å²) in [5.41, 5.74) is 36.1. The molecule has 0 aliphatic rings. The molecule has 0 fully saturated rings. The smallest absolute Gasteiger partial charge is 0.197 e. The highest BCUT2D eigenvalue weighted by molar-refractivity contribution is 6.15. The number of aryl methyl sites for hydroxylation is 13. The summed E-state index contributed by atoms with van der Waals surface area (Å²) in [5.74, 6) is 0. The Morgan fingerprint density at radius 1 is 0.259 bits per heavy atom. The Labute approximate surface area is 500 Å². The van der Waals surface area contributed by atoms with Gasteiger partial charge in [-0.05, 0) is 251 Å². The fourth-order valence-corrected chi connectivity index (χ4v) is 15.0. The van der Waals surface area contributed by atoms with Gasteiger partial charge in [0.1, 0.15) is 0 Å². The van der Waals surface area contributed by atoms with Gasteiger partial charge in [0.05, 0.1) is 40.9 Å². The van der Waals surface area contributed by atoms with Crippen LogP contribution in [-0.4, -0.2) is 9.13 Å². The van der Waals surface area contributed by atoms with Gasteiger partial charge in [-0.25, -0.2) is 9.69 Å². The molecule has 0 unspecified atom stereocenters. The predicted molar refractivity (Wildman–Crippen MR) is 362 cm³/mol. The molecular formula is C81H68N4. The van der Waals surface area contributed by atoms with Crippen molar-refractivity contribution in [3.05, 3.63) is 271 Å². The highest BCUT2D eigenvalue weighted by Gasteiger charge is 2.28. The first-order valence-corrected chi connectivity index (χ1v) is 29.5. The van der Waals surface area contributed by atoms with E-state index in [-0.39, 0.29) is 0 Å². The van der Waals surface area contributed by atoms with E-state index < -0.39 is 0 Å². The topological polar surface area (TPSA) is 18.6 Å². The van der Waals surface area contributed by atoms with Crippen LogP contribution in [0.3, 0.4) is 0 Å². The number of fused-ring (bicyclic) bond motifs is 6. The summed E-state index contributed by atoms with van der Waals surface area (Å²) in [5, 5.41) is 4.53.